The Morgan fingerprint density at radius 2 is 2.24 bits per heavy atom. The first kappa shape index (κ1) is 11.5. The molecular formula is C11H12FN3O2. The number of rotatable bonds is 3. The number of methoxy groups -OCH3 is 1. The average molecular weight is 237 g/mol. The molecule has 17 heavy (non-hydrogen) atoms. The van der Waals surface area contributed by atoms with E-state index in [0.29, 0.717) is 22.8 Å². The highest BCUT2D eigenvalue weighted by Crippen LogP contribution is 2.27. The molecule has 0 unspecified atom stereocenters. The van der Waals surface area contributed by atoms with Crippen LogP contribution in [-0.2, 0) is 6.54 Å². The summed E-state index contributed by atoms with van der Waals surface area (Å²) in [6.07, 6.45) is 0. The lowest BCUT2D eigenvalue weighted by molar-refractivity contribution is 0.380. The van der Waals surface area contributed by atoms with Gasteiger partial charge in [-0.15, -0.1) is 0 Å². The van der Waals surface area contributed by atoms with Gasteiger partial charge >= 0.3 is 0 Å². The van der Waals surface area contributed by atoms with E-state index in [4.69, 9.17) is 15.0 Å². The minimum atomic E-state index is -0.457. The van der Waals surface area contributed by atoms with Crippen LogP contribution in [0.4, 0.5) is 4.39 Å². The van der Waals surface area contributed by atoms with Gasteiger partial charge in [0, 0.05) is 5.56 Å². The molecule has 2 N–H and O–H groups in total. The normalized spacial score (nSPS) is 10.6. The summed E-state index contributed by atoms with van der Waals surface area (Å²) in [6.45, 7) is 1.90. The van der Waals surface area contributed by atoms with E-state index >= 15 is 0 Å². The number of aromatic nitrogens is 2. The standard InChI is InChI=1S/C11H12FN3O2/c1-6-3-7(4-8(12)10(6)16-2)11-14-9(5-13)17-15-11/h3-4H,5,13H2,1-2H3. The van der Waals surface area contributed by atoms with Crippen molar-refractivity contribution in [2.75, 3.05) is 7.11 Å². The third kappa shape index (κ3) is 2.12. The summed E-state index contributed by atoms with van der Waals surface area (Å²) in [6, 6.07) is 3.03. The van der Waals surface area contributed by atoms with E-state index in [1.165, 1.54) is 13.2 Å². The van der Waals surface area contributed by atoms with Gasteiger partial charge in [-0.25, -0.2) is 4.39 Å². The Morgan fingerprint density at radius 1 is 1.47 bits per heavy atom. The van der Waals surface area contributed by atoms with Crippen molar-refractivity contribution in [1.82, 2.24) is 10.1 Å². The van der Waals surface area contributed by atoms with Gasteiger partial charge in [0.15, 0.2) is 11.6 Å². The molecule has 1 aromatic heterocycles. The van der Waals surface area contributed by atoms with Gasteiger partial charge < -0.3 is 15.0 Å². The zero-order valence-corrected chi connectivity index (χ0v) is 9.53. The molecule has 1 aromatic carbocycles. The molecular weight excluding hydrogens is 225 g/mol. The molecule has 0 saturated carbocycles. The van der Waals surface area contributed by atoms with Crippen LogP contribution in [0.1, 0.15) is 11.5 Å². The average Bonchev–Trinajstić information content (AvgIpc) is 2.77. The zero-order valence-electron chi connectivity index (χ0n) is 9.53. The summed E-state index contributed by atoms with van der Waals surface area (Å²) in [5.74, 6) is 0.391. The van der Waals surface area contributed by atoms with Gasteiger partial charge in [0.2, 0.25) is 11.7 Å². The summed E-state index contributed by atoms with van der Waals surface area (Å²) in [5, 5.41) is 3.72. The van der Waals surface area contributed by atoms with Gasteiger partial charge in [0.05, 0.1) is 13.7 Å². The molecule has 0 aliphatic rings. The molecule has 2 rings (SSSR count). The van der Waals surface area contributed by atoms with E-state index in [-0.39, 0.29) is 12.3 Å². The Kier molecular flexibility index (Phi) is 3.06. The number of halogens is 1. The van der Waals surface area contributed by atoms with Gasteiger partial charge in [0.1, 0.15) is 0 Å². The maximum Gasteiger partial charge on any atom is 0.240 e. The van der Waals surface area contributed by atoms with Crippen LogP contribution >= 0.6 is 0 Å². The first-order chi connectivity index (χ1) is 8.15. The molecule has 0 radical (unpaired) electrons. The van der Waals surface area contributed by atoms with Gasteiger partial charge in [-0.2, -0.15) is 4.98 Å². The number of hydrogen-bond donors (Lipinski definition) is 1. The highest BCUT2D eigenvalue weighted by molar-refractivity contribution is 5.58. The smallest absolute Gasteiger partial charge is 0.240 e. The zero-order chi connectivity index (χ0) is 12.4. The van der Waals surface area contributed by atoms with Crippen molar-refractivity contribution in [2.45, 2.75) is 13.5 Å². The number of hydrogen-bond acceptors (Lipinski definition) is 5. The molecule has 0 spiro atoms. The highest BCUT2D eigenvalue weighted by Gasteiger charge is 2.13. The lowest BCUT2D eigenvalue weighted by atomic mass is 10.1. The minimum Gasteiger partial charge on any atom is -0.493 e. The van der Waals surface area contributed by atoms with Crippen molar-refractivity contribution < 1.29 is 13.7 Å². The van der Waals surface area contributed by atoms with Gasteiger partial charge in [-0.1, -0.05) is 5.16 Å². The summed E-state index contributed by atoms with van der Waals surface area (Å²) in [5.41, 5.74) is 6.56. The summed E-state index contributed by atoms with van der Waals surface area (Å²) >= 11 is 0. The van der Waals surface area contributed by atoms with Crippen LogP contribution in [0.25, 0.3) is 11.4 Å². The van der Waals surface area contributed by atoms with E-state index in [1.54, 1.807) is 13.0 Å². The fraction of sp³-hybridized carbons (Fsp3) is 0.273. The summed E-state index contributed by atoms with van der Waals surface area (Å²) in [4.78, 5) is 4.03. The highest BCUT2D eigenvalue weighted by atomic mass is 19.1. The molecule has 0 amide bonds. The Labute approximate surface area is 97.4 Å². The summed E-state index contributed by atoms with van der Waals surface area (Å²) < 4.78 is 23.4. The molecule has 90 valence electrons. The molecule has 0 atom stereocenters. The molecule has 0 saturated heterocycles. The predicted molar refractivity (Wildman–Crippen MR) is 58.9 cm³/mol. The van der Waals surface area contributed by atoms with Crippen molar-refractivity contribution in [3.8, 4) is 17.1 Å². The van der Waals surface area contributed by atoms with Gasteiger partial charge in [0.25, 0.3) is 0 Å². The molecule has 6 heteroatoms. The van der Waals surface area contributed by atoms with E-state index in [0.717, 1.165) is 0 Å². The van der Waals surface area contributed by atoms with E-state index < -0.39 is 5.82 Å². The predicted octanol–water partition coefficient (Wildman–Crippen LogP) is 1.65. The van der Waals surface area contributed by atoms with Crippen molar-refractivity contribution in [3.63, 3.8) is 0 Å². The van der Waals surface area contributed by atoms with Gasteiger partial charge in [-0.05, 0) is 24.6 Å². The van der Waals surface area contributed by atoms with E-state index in [2.05, 4.69) is 10.1 Å². The Bertz CT molecular complexity index is 516. The first-order valence-electron chi connectivity index (χ1n) is 5.03. The van der Waals surface area contributed by atoms with Crippen LogP contribution in [0.2, 0.25) is 0 Å². The Morgan fingerprint density at radius 3 is 2.76 bits per heavy atom. The largest absolute Gasteiger partial charge is 0.493 e. The number of aryl methyl sites for hydroxylation is 1. The molecule has 0 aliphatic heterocycles. The van der Waals surface area contributed by atoms with Crippen LogP contribution in [0, 0.1) is 12.7 Å². The number of ether oxygens (including phenoxy) is 1. The van der Waals surface area contributed by atoms with Crippen molar-refractivity contribution in [3.05, 3.63) is 29.4 Å². The number of benzene rings is 1. The van der Waals surface area contributed by atoms with E-state index in [9.17, 15) is 4.39 Å². The lowest BCUT2D eigenvalue weighted by Crippen LogP contribution is -1.96. The monoisotopic (exact) mass is 237 g/mol. The van der Waals surface area contributed by atoms with Gasteiger partial charge in [-0.3, -0.25) is 0 Å². The van der Waals surface area contributed by atoms with Crippen LogP contribution in [0.5, 0.6) is 5.75 Å². The molecule has 0 aliphatic carbocycles. The van der Waals surface area contributed by atoms with E-state index in [1.807, 2.05) is 0 Å². The molecule has 0 bridgehead atoms. The first-order valence-corrected chi connectivity index (χ1v) is 5.03. The number of nitrogens with two attached hydrogens (primary N) is 1. The molecule has 2 aromatic rings. The van der Waals surface area contributed by atoms with Crippen molar-refractivity contribution in [1.29, 1.82) is 0 Å². The topological polar surface area (TPSA) is 74.2 Å². The maximum absolute atomic E-state index is 13.6. The third-order valence-corrected chi connectivity index (χ3v) is 2.33. The molecule has 5 nitrogen and oxygen atoms in total. The molecule has 0 fully saturated rings. The second-order valence-electron chi connectivity index (χ2n) is 3.52. The lowest BCUT2D eigenvalue weighted by Gasteiger charge is -2.06. The van der Waals surface area contributed by atoms with Crippen molar-refractivity contribution in [2.24, 2.45) is 5.73 Å². The van der Waals surface area contributed by atoms with Crippen LogP contribution in [-0.4, -0.2) is 17.3 Å². The minimum absolute atomic E-state index is 0.157. The quantitative estimate of drug-likeness (QED) is 0.878. The summed E-state index contributed by atoms with van der Waals surface area (Å²) in [7, 11) is 1.42. The Hall–Kier alpha value is -1.95. The number of nitrogens with zero attached hydrogens (tertiary/aromatic N) is 2. The fourth-order valence-electron chi connectivity index (χ4n) is 1.57. The Balaban J connectivity index is 2.46. The fourth-order valence-corrected chi connectivity index (χ4v) is 1.57. The van der Waals surface area contributed by atoms with Crippen LogP contribution < -0.4 is 10.5 Å². The SMILES string of the molecule is COc1c(C)cc(-c2noc(CN)n2)cc1F. The van der Waals surface area contributed by atoms with Crippen molar-refractivity contribution >= 4 is 0 Å². The maximum atomic E-state index is 13.6. The second kappa shape index (κ2) is 4.50. The molecule has 1 heterocycles. The van der Waals surface area contributed by atoms with Crippen LogP contribution in [0.3, 0.4) is 0 Å². The van der Waals surface area contributed by atoms with Crippen LogP contribution in [0.15, 0.2) is 16.7 Å². The third-order valence-electron chi connectivity index (χ3n) is 2.33. The second-order valence-corrected chi connectivity index (χ2v) is 3.52.